The first-order valence-corrected chi connectivity index (χ1v) is 5.55. The third-order valence-electron chi connectivity index (χ3n) is 1.94. The molecule has 2 heteroatoms. The number of halogens is 1. The van der Waals surface area contributed by atoms with Gasteiger partial charge in [-0.25, -0.2) is 0 Å². The Morgan fingerprint density at radius 3 is 2.77 bits per heavy atom. The van der Waals surface area contributed by atoms with Crippen molar-refractivity contribution in [3.63, 3.8) is 0 Å². The van der Waals surface area contributed by atoms with Gasteiger partial charge in [0.05, 0.1) is 0 Å². The third kappa shape index (κ3) is 1.93. The van der Waals surface area contributed by atoms with Crippen molar-refractivity contribution in [2.75, 3.05) is 0 Å². The van der Waals surface area contributed by atoms with Crippen LogP contribution in [0, 0.1) is 0 Å². The lowest BCUT2D eigenvalue weighted by molar-refractivity contribution is 1.40. The van der Waals surface area contributed by atoms with E-state index in [0.717, 1.165) is 0 Å². The van der Waals surface area contributed by atoms with Crippen molar-refractivity contribution in [1.29, 1.82) is 0 Å². The van der Waals surface area contributed by atoms with E-state index >= 15 is 0 Å². The largest absolute Gasteiger partial charge is 0.152 e. The Kier molecular flexibility index (Phi) is 2.67. The van der Waals surface area contributed by atoms with Gasteiger partial charge in [-0.2, -0.15) is 11.3 Å². The number of benzene rings is 1. The fraction of sp³-hybridized carbons (Fsp3) is 0.0909. The van der Waals surface area contributed by atoms with Gasteiger partial charge in [-0.1, -0.05) is 18.2 Å². The lowest BCUT2D eigenvalue weighted by atomic mass is 10.1. The average molecular weight is 209 g/mol. The molecule has 0 radical (unpaired) electrons. The number of rotatable bonds is 2. The number of hydrogen-bond donors (Lipinski definition) is 0. The van der Waals surface area contributed by atoms with E-state index in [0.29, 0.717) is 5.88 Å². The Morgan fingerprint density at radius 2 is 2.08 bits per heavy atom. The number of alkyl halides is 1. The monoisotopic (exact) mass is 208 g/mol. The van der Waals surface area contributed by atoms with Gasteiger partial charge in [-0.15, -0.1) is 11.6 Å². The minimum absolute atomic E-state index is 0.581. The van der Waals surface area contributed by atoms with Crippen molar-refractivity contribution in [3.8, 4) is 11.1 Å². The Balaban J connectivity index is 2.41. The molecule has 1 heterocycles. The van der Waals surface area contributed by atoms with Gasteiger partial charge in [-0.05, 0) is 39.6 Å². The molecule has 0 saturated carbocycles. The molecule has 2 aromatic rings. The van der Waals surface area contributed by atoms with Crippen molar-refractivity contribution in [2.45, 2.75) is 5.88 Å². The molecule has 0 nitrogen and oxygen atoms in total. The Bertz CT molecular complexity index is 379. The van der Waals surface area contributed by atoms with Crippen LogP contribution in [0.5, 0.6) is 0 Å². The maximum atomic E-state index is 5.76. The molecule has 0 saturated heterocycles. The summed E-state index contributed by atoms with van der Waals surface area (Å²) in [4.78, 5) is 0. The minimum Gasteiger partial charge on any atom is -0.152 e. The van der Waals surface area contributed by atoms with Crippen LogP contribution in [-0.4, -0.2) is 0 Å². The molecule has 0 aliphatic carbocycles. The highest BCUT2D eigenvalue weighted by atomic mass is 35.5. The summed E-state index contributed by atoms with van der Waals surface area (Å²) in [7, 11) is 0. The second-order valence-electron chi connectivity index (χ2n) is 2.85. The highest BCUT2D eigenvalue weighted by Crippen LogP contribution is 2.23. The van der Waals surface area contributed by atoms with E-state index in [-0.39, 0.29) is 0 Å². The van der Waals surface area contributed by atoms with Gasteiger partial charge in [0.1, 0.15) is 0 Å². The van der Waals surface area contributed by atoms with Crippen LogP contribution in [0.2, 0.25) is 0 Å². The van der Waals surface area contributed by atoms with Crippen LogP contribution < -0.4 is 0 Å². The van der Waals surface area contributed by atoms with E-state index in [1.165, 1.54) is 16.7 Å². The molecule has 0 spiro atoms. The summed E-state index contributed by atoms with van der Waals surface area (Å²) in [5.74, 6) is 0.581. The highest BCUT2D eigenvalue weighted by Gasteiger charge is 1.98. The van der Waals surface area contributed by atoms with E-state index < -0.39 is 0 Å². The predicted molar refractivity (Wildman–Crippen MR) is 59.3 cm³/mol. The fourth-order valence-electron chi connectivity index (χ4n) is 1.26. The smallest absolute Gasteiger partial charge is 0.0474 e. The van der Waals surface area contributed by atoms with Gasteiger partial charge < -0.3 is 0 Å². The normalized spacial score (nSPS) is 10.2. The molecular weight excluding hydrogens is 200 g/mol. The van der Waals surface area contributed by atoms with Gasteiger partial charge >= 0.3 is 0 Å². The zero-order valence-corrected chi connectivity index (χ0v) is 8.61. The quantitative estimate of drug-likeness (QED) is 0.651. The Labute approximate surface area is 86.8 Å². The molecular formula is C11H9ClS. The summed E-state index contributed by atoms with van der Waals surface area (Å²) in [5.41, 5.74) is 3.70. The van der Waals surface area contributed by atoms with Gasteiger partial charge in [-0.3, -0.25) is 0 Å². The molecule has 1 aromatic carbocycles. The number of thiophene rings is 1. The van der Waals surface area contributed by atoms with Crippen LogP contribution in [0.25, 0.3) is 11.1 Å². The van der Waals surface area contributed by atoms with Crippen molar-refractivity contribution in [2.24, 2.45) is 0 Å². The molecule has 0 fully saturated rings. The first kappa shape index (κ1) is 8.79. The summed E-state index contributed by atoms with van der Waals surface area (Å²) in [6.07, 6.45) is 0. The molecule has 1 aromatic heterocycles. The molecule has 2 rings (SSSR count). The predicted octanol–water partition coefficient (Wildman–Crippen LogP) is 4.15. The molecule has 0 unspecified atom stereocenters. The van der Waals surface area contributed by atoms with Crippen LogP contribution in [0.15, 0.2) is 41.1 Å². The van der Waals surface area contributed by atoms with Crippen LogP contribution in [0.4, 0.5) is 0 Å². The molecule has 0 atom stereocenters. The lowest BCUT2D eigenvalue weighted by Crippen LogP contribution is -1.78. The average Bonchev–Trinajstić information content (AvgIpc) is 2.71. The Morgan fingerprint density at radius 1 is 1.15 bits per heavy atom. The summed E-state index contributed by atoms with van der Waals surface area (Å²) in [6.45, 7) is 0. The van der Waals surface area contributed by atoms with Gasteiger partial charge in [0.25, 0.3) is 0 Å². The summed E-state index contributed by atoms with van der Waals surface area (Å²) >= 11 is 7.48. The molecule has 13 heavy (non-hydrogen) atoms. The Hall–Kier alpha value is -0.790. The van der Waals surface area contributed by atoms with Gasteiger partial charge in [0, 0.05) is 5.88 Å². The van der Waals surface area contributed by atoms with E-state index in [9.17, 15) is 0 Å². The molecule has 66 valence electrons. The summed E-state index contributed by atoms with van der Waals surface area (Å²) in [6, 6.07) is 10.5. The molecule has 0 amide bonds. The van der Waals surface area contributed by atoms with Crippen LogP contribution in [-0.2, 0) is 5.88 Å². The second kappa shape index (κ2) is 3.95. The topological polar surface area (TPSA) is 0 Å². The zero-order chi connectivity index (χ0) is 9.10. The van der Waals surface area contributed by atoms with Crippen molar-refractivity contribution in [3.05, 3.63) is 46.7 Å². The highest BCUT2D eigenvalue weighted by molar-refractivity contribution is 7.08. The van der Waals surface area contributed by atoms with E-state index in [1.54, 1.807) is 11.3 Å². The molecule has 0 bridgehead atoms. The maximum absolute atomic E-state index is 5.76. The van der Waals surface area contributed by atoms with Crippen molar-refractivity contribution >= 4 is 22.9 Å². The van der Waals surface area contributed by atoms with E-state index in [4.69, 9.17) is 11.6 Å². The first-order valence-electron chi connectivity index (χ1n) is 4.07. The SMILES string of the molecule is ClCc1cccc(-c2ccsc2)c1. The summed E-state index contributed by atoms with van der Waals surface area (Å²) < 4.78 is 0. The lowest BCUT2D eigenvalue weighted by Gasteiger charge is -1.99. The van der Waals surface area contributed by atoms with Crippen LogP contribution >= 0.6 is 22.9 Å². The van der Waals surface area contributed by atoms with Gasteiger partial charge in [0.15, 0.2) is 0 Å². The molecule has 0 N–H and O–H groups in total. The third-order valence-corrected chi connectivity index (χ3v) is 2.93. The maximum Gasteiger partial charge on any atom is 0.0474 e. The van der Waals surface area contributed by atoms with Crippen LogP contribution in [0.3, 0.4) is 0 Å². The zero-order valence-electron chi connectivity index (χ0n) is 7.03. The second-order valence-corrected chi connectivity index (χ2v) is 3.89. The van der Waals surface area contributed by atoms with E-state index in [1.807, 2.05) is 12.1 Å². The standard InChI is InChI=1S/C11H9ClS/c12-7-9-2-1-3-10(6-9)11-4-5-13-8-11/h1-6,8H,7H2. The molecule has 0 aliphatic heterocycles. The fourth-order valence-corrected chi connectivity index (χ4v) is 2.09. The van der Waals surface area contributed by atoms with Crippen molar-refractivity contribution < 1.29 is 0 Å². The number of hydrogen-bond acceptors (Lipinski definition) is 1. The summed E-state index contributed by atoms with van der Waals surface area (Å²) in [5, 5.41) is 4.23. The van der Waals surface area contributed by atoms with Gasteiger partial charge in [0.2, 0.25) is 0 Å². The minimum atomic E-state index is 0.581. The van der Waals surface area contributed by atoms with E-state index in [2.05, 4.69) is 29.0 Å². The van der Waals surface area contributed by atoms with Crippen LogP contribution in [0.1, 0.15) is 5.56 Å². The first-order chi connectivity index (χ1) is 6.40. The molecule has 0 aliphatic rings. The van der Waals surface area contributed by atoms with Crippen molar-refractivity contribution in [1.82, 2.24) is 0 Å².